The number of hydrogen-bond donors (Lipinski definition) is 1. The molecular formula is C44H58ClN5O7S. The zero-order valence-electron chi connectivity index (χ0n) is 34.6. The van der Waals surface area contributed by atoms with E-state index in [0.29, 0.717) is 24.8 Å². The third-order valence-corrected chi connectivity index (χ3v) is 14.8. The lowest BCUT2D eigenvalue weighted by atomic mass is 9.68. The lowest BCUT2D eigenvalue weighted by Gasteiger charge is -2.46. The van der Waals surface area contributed by atoms with Crippen molar-refractivity contribution in [2.24, 2.45) is 29.2 Å². The van der Waals surface area contributed by atoms with Gasteiger partial charge in [0.2, 0.25) is 5.88 Å². The van der Waals surface area contributed by atoms with Crippen LogP contribution in [0.2, 0.25) is 5.02 Å². The summed E-state index contributed by atoms with van der Waals surface area (Å²) in [4.78, 5) is 30.6. The molecule has 2 aliphatic carbocycles. The standard InChI is InChI=1S/C44H58ClN5O7S/c1-7-10-33(8-2)57-38-18-19-39(54-5)34-15-12-31(34)23-50-26-44(20-9-11-29-21-32(45)14-16-36(29)44)27-56-40-17-13-30(22-37(40)50)41(51)47-58(53,25-28(38)3)48-42(52)35-24-49(4)46-43(35)55-6/h13-14,16-19,21-22,24,28,31,33-34,38-39H,7-12,15,20,23,25-27H2,1-6H3,(H,47,48,51,52,53)/b19-18+/t28-,31+,33?,34-,38+,39+,44+,58?/m1/s1. The maximum absolute atomic E-state index is 15.1. The van der Waals surface area contributed by atoms with Crippen molar-refractivity contribution >= 4 is 39.0 Å². The van der Waals surface area contributed by atoms with Crippen molar-refractivity contribution in [2.75, 3.05) is 44.6 Å². The molecule has 14 heteroatoms. The van der Waals surface area contributed by atoms with E-state index in [1.54, 1.807) is 20.2 Å². The summed E-state index contributed by atoms with van der Waals surface area (Å²) in [6.07, 6.45) is 12.5. The number of amides is 2. The van der Waals surface area contributed by atoms with Gasteiger partial charge in [0.05, 0.1) is 43.5 Å². The molecule has 12 nitrogen and oxygen atoms in total. The van der Waals surface area contributed by atoms with Crippen LogP contribution in [0, 0.1) is 17.8 Å². The molecule has 3 aromatic rings. The number of rotatable bonds is 9. The lowest BCUT2D eigenvalue weighted by Crippen LogP contribution is -2.49. The highest BCUT2D eigenvalue weighted by Crippen LogP contribution is 2.47. The largest absolute Gasteiger partial charge is 0.490 e. The molecule has 8 atom stereocenters. The Morgan fingerprint density at radius 3 is 2.67 bits per heavy atom. The summed E-state index contributed by atoms with van der Waals surface area (Å²) in [7, 11) is 1.06. The van der Waals surface area contributed by atoms with Crippen LogP contribution in [0.5, 0.6) is 11.6 Å². The highest BCUT2D eigenvalue weighted by molar-refractivity contribution is 7.92. The minimum atomic E-state index is -3.76. The zero-order valence-corrected chi connectivity index (χ0v) is 36.2. The molecule has 4 aliphatic rings. The molecule has 1 fully saturated rings. The maximum Gasteiger partial charge on any atom is 0.286 e. The summed E-state index contributed by atoms with van der Waals surface area (Å²) in [5.41, 5.74) is 3.33. The van der Waals surface area contributed by atoms with Crippen LogP contribution in [-0.4, -0.2) is 83.8 Å². The van der Waals surface area contributed by atoms with Gasteiger partial charge in [-0.3, -0.25) is 19.0 Å². The van der Waals surface area contributed by atoms with E-state index in [0.717, 1.165) is 68.6 Å². The SMILES string of the molecule is CCCC(CC)O[C@H]1/C=C/[C@H](OC)[C@@H]2CC[C@H]2CN2C[C@@]3(CCCc4cc(Cl)ccc43)COc3ccc(cc32)C(=O)N=S(=O)(NC(=O)c2cn(C)nc2OC)C[C@H]1C. The second-order valence-electron chi connectivity index (χ2n) is 16.6. The Bertz CT molecular complexity index is 2150. The molecule has 2 aliphatic heterocycles. The summed E-state index contributed by atoms with van der Waals surface area (Å²) >= 11 is 6.50. The molecule has 3 heterocycles. The van der Waals surface area contributed by atoms with Crippen molar-refractivity contribution in [3.8, 4) is 11.6 Å². The number of anilines is 1. The summed E-state index contributed by atoms with van der Waals surface area (Å²) in [5, 5.41) is 4.93. The molecule has 58 heavy (non-hydrogen) atoms. The van der Waals surface area contributed by atoms with E-state index >= 15 is 4.21 Å². The van der Waals surface area contributed by atoms with E-state index < -0.39 is 33.8 Å². The first-order valence-electron chi connectivity index (χ1n) is 20.7. The second-order valence-corrected chi connectivity index (χ2v) is 19.1. The summed E-state index contributed by atoms with van der Waals surface area (Å²) < 4.78 is 48.6. The predicted octanol–water partition coefficient (Wildman–Crippen LogP) is 7.72. The lowest BCUT2D eigenvalue weighted by molar-refractivity contribution is -0.0173. The van der Waals surface area contributed by atoms with Crippen molar-refractivity contribution in [2.45, 2.75) is 95.9 Å². The van der Waals surface area contributed by atoms with Gasteiger partial charge >= 0.3 is 0 Å². The number of fused-ring (bicyclic) bond motifs is 4. The minimum Gasteiger partial charge on any atom is -0.490 e. The van der Waals surface area contributed by atoms with Crippen molar-refractivity contribution < 1.29 is 32.7 Å². The second kappa shape index (κ2) is 17.7. The number of aromatic nitrogens is 2. The number of methoxy groups -OCH3 is 2. The van der Waals surface area contributed by atoms with Crippen LogP contribution >= 0.6 is 11.6 Å². The van der Waals surface area contributed by atoms with Gasteiger partial charge in [0.15, 0.2) is 0 Å². The van der Waals surface area contributed by atoms with Crippen molar-refractivity contribution in [1.29, 1.82) is 0 Å². The van der Waals surface area contributed by atoms with E-state index in [2.05, 4.69) is 51.1 Å². The summed E-state index contributed by atoms with van der Waals surface area (Å²) in [5.74, 6) is -0.673. The van der Waals surface area contributed by atoms with Crippen LogP contribution in [-0.2, 0) is 38.3 Å². The van der Waals surface area contributed by atoms with Gasteiger partial charge < -0.3 is 23.8 Å². The number of carbonyl (C=O) groups is 2. The highest BCUT2D eigenvalue weighted by atomic mass is 35.5. The molecule has 0 saturated heterocycles. The van der Waals surface area contributed by atoms with E-state index in [4.69, 9.17) is 30.5 Å². The topological polar surface area (TPSA) is 134 Å². The number of nitrogens with zero attached hydrogens (tertiary/aromatic N) is 4. The van der Waals surface area contributed by atoms with E-state index in [-0.39, 0.29) is 46.3 Å². The van der Waals surface area contributed by atoms with Gasteiger partial charge in [-0.15, -0.1) is 9.46 Å². The number of halogens is 1. The van der Waals surface area contributed by atoms with Gasteiger partial charge in [-0.2, -0.15) is 0 Å². The van der Waals surface area contributed by atoms with Gasteiger partial charge in [0, 0.05) is 55.4 Å². The molecule has 1 aromatic heterocycles. The monoisotopic (exact) mass is 835 g/mol. The Morgan fingerprint density at radius 2 is 1.95 bits per heavy atom. The molecule has 7 rings (SSSR count). The molecule has 2 bridgehead atoms. The summed E-state index contributed by atoms with van der Waals surface area (Å²) in [6, 6.07) is 11.5. The molecule has 1 spiro atoms. The molecule has 2 aromatic carbocycles. The van der Waals surface area contributed by atoms with Gasteiger partial charge in [-0.1, -0.05) is 57.0 Å². The van der Waals surface area contributed by atoms with E-state index in [9.17, 15) is 9.59 Å². The molecule has 2 amide bonds. The fourth-order valence-electron chi connectivity index (χ4n) is 9.40. The average molecular weight is 836 g/mol. The number of hydrogen-bond acceptors (Lipinski definition) is 9. The third kappa shape index (κ3) is 8.83. The van der Waals surface area contributed by atoms with Crippen molar-refractivity contribution in [3.05, 3.63) is 82.0 Å². The number of aryl methyl sites for hydroxylation is 2. The minimum absolute atomic E-state index is 0.0375. The zero-order chi connectivity index (χ0) is 41.2. The first-order chi connectivity index (χ1) is 27.9. The van der Waals surface area contributed by atoms with Crippen molar-refractivity contribution in [3.63, 3.8) is 0 Å². The van der Waals surface area contributed by atoms with Gasteiger partial charge in [0.25, 0.3) is 11.8 Å². The fourth-order valence-corrected chi connectivity index (χ4v) is 11.5. The number of nitrogens with one attached hydrogen (secondary N) is 1. The predicted molar refractivity (Wildman–Crippen MR) is 226 cm³/mol. The maximum atomic E-state index is 15.1. The fraction of sp³-hybridized carbons (Fsp3) is 0.568. The Labute approximate surface area is 348 Å². The van der Waals surface area contributed by atoms with Crippen molar-refractivity contribution in [1.82, 2.24) is 14.5 Å². The van der Waals surface area contributed by atoms with Crippen LogP contribution in [0.15, 0.2) is 59.1 Å². The molecule has 314 valence electrons. The van der Waals surface area contributed by atoms with Crippen LogP contribution in [0.25, 0.3) is 0 Å². The first-order valence-corrected chi connectivity index (χ1v) is 22.8. The van der Waals surface area contributed by atoms with Crippen LogP contribution in [0.4, 0.5) is 5.69 Å². The van der Waals surface area contributed by atoms with Gasteiger partial charge in [-0.05, 0) is 98.2 Å². The van der Waals surface area contributed by atoms with Crippen LogP contribution in [0.1, 0.15) is 97.6 Å². The molecule has 1 saturated carbocycles. The first kappa shape index (κ1) is 42.2. The van der Waals surface area contributed by atoms with Gasteiger partial charge in [0.1, 0.15) is 21.2 Å². The van der Waals surface area contributed by atoms with Gasteiger partial charge in [-0.25, -0.2) is 4.21 Å². The van der Waals surface area contributed by atoms with Crippen LogP contribution in [0.3, 0.4) is 0 Å². The normalized spacial score (nSPS) is 29.5. The van der Waals surface area contributed by atoms with Crippen LogP contribution < -0.4 is 19.1 Å². The smallest absolute Gasteiger partial charge is 0.286 e. The highest BCUT2D eigenvalue weighted by Gasteiger charge is 2.44. The Morgan fingerprint density at radius 1 is 1.14 bits per heavy atom. The molecule has 1 N–H and O–H groups in total. The molecular weight excluding hydrogens is 778 g/mol. The van der Waals surface area contributed by atoms with E-state index in [1.807, 2.05) is 31.2 Å². The number of benzene rings is 2. The quantitative estimate of drug-likeness (QED) is 0.215. The molecule has 0 radical (unpaired) electrons. The Kier molecular flexibility index (Phi) is 12.9. The molecule has 2 unspecified atom stereocenters. The third-order valence-electron chi connectivity index (χ3n) is 12.6. The number of carbonyl (C=O) groups excluding carboxylic acids is 2. The Balaban J connectivity index is 1.34. The van der Waals surface area contributed by atoms with E-state index in [1.165, 1.54) is 29.1 Å². The summed E-state index contributed by atoms with van der Waals surface area (Å²) in [6.45, 7) is 8.04. The average Bonchev–Trinajstić information content (AvgIpc) is 3.51. The Hall–Kier alpha value is -3.91. The number of ether oxygens (including phenoxy) is 4.